The first-order chi connectivity index (χ1) is 17.5. The fourth-order valence-electron chi connectivity index (χ4n) is 4.91. The Kier molecular flexibility index (Phi) is 7.56. The molecule has 7 heteroatoms. The largest absolute Gasteiger partial charge is 0.490 e. The van der Waals surface area contributed by atoms with Crippen LogP contribution in [0.25, 0.3) is 11.1 Å². The lowest BCUT2D eigenvalue weighted by Gasteiger charge is -2.18. The lowest BCUT2D eigenvalue weighted by atomic mass is 10.0. The van der Waals surface area contributed by atoms with Crippen molar-refractivity contribution in [3.05, 3.63) is 76.3 Å². The summed E-state index contributed by atoms with van der Waals surface area (Å²) in [6, 6.07) is 14.3. The molecule has 1 amide bonds. The van der Waals surface area contributed by atoms with Crippen LogP contribution in [0.4, 0.5) is 14.5 Å². The van der Waals surface area contributed by atoms with Gasteiger partial charge in [-0.1, -0.05) is 6.07 Å². The molecule has 3 aromatic rings. The highest BCUT2D eigenvalue weighted by atomic mass is 79.9. The molecular weight excluding hydrogens is 528 g/mol. The van der Waals surface area contributed by atoms with Gasteiger partial charge in [-0.25, -0.2) is 8.78 Å². The molecule has 1 N–H and O–H groups in total. The van der Waals surface area contributed by atoms with E-state index < -0.39 is 11.6 Å². The molecule has 4 nitrogen and oxygen atoms in total. The van der Waals surface area contributed by atoms with Crippen LogP contribution in [0, 0.1) is 11.6 Å². The van der Waals surface area contributed by atoms with Gasteiger partial charge in [0.25, 0.3) is 5.91 Å². The summed E-state index contributed by atoms with van der Waals surface area (Å²) in [5.74, 6) is -0.868. The third kappa shape index (κ3) is 5.72. The monoisotopic (exact) mass is 555 g/mol. The molecule has 0 heterocycles. The summed E-state index contributed by atoms with van der Waals surface area (Å²) in [4.78, 5) is 13.1. The number of anilines is 1. The second-order valence-electron chi connectivity index (χ2n) is 9.49. The fraction of sp³-hybridized carbons (Fsp3) is 0.345. The van der Waals surface area contributed by atoms with Gasteiger partial charge in [0.1, 0.15) is 11.5 Å². The Morgan fingerprint density at radius 2 is 1.42 bits per heavy atom. The maximum atomic E-state index is 14.0. The van der Waals surface area contributed by atoms with Crippen molar-refractivity contribution in [3.63, 3.8) is 0 Å². The van der Waals surface area contributed by atoms with Crippen LogP contribution in [0.15, 0.2) is 59.1 Å². The van der Waals surface area contributed by atoms with Crippen molar-refractivity contribution in [2.75, 3.05) is 5.32 Å². The number of nitrogens with one attached hydrogen (secondary N) is 1. The predicted octanol–water partition coefficient (Wildman–Crippen LogP) is 8.29. The number of hydrogen-bond acceptors (Lipinski definition) is 3. The third-order valence-electron chi connectivity index (χ3n) is 6.85. The van der Waals surface area contributed by atoms with Crippen molar-refractivity contribution in [2.45, 2.75) is 63.6 Å². The molecule has 0 spiro atoms. The molecule has 0 aliphatic heterocycles. The summed E-state index contributed by atoms with van der Waals surface area (Å²) in [5, 5.41) is 2.91. The van der Waals surface area contributed by atoms with Crippen LogP contribution in [-0.2, 0) is 0 Å². The first-order valence-electron chi connectivity index (χ1n) is 12.5. The summed E-state index contributed by atoms with van der Waals surface area (Å²) in [6.07, 6.45) is 8.93. The molecule has 0 radical (unpaired) electrons. The van der Waals surface area contributed by atoms with Crippen molar-refractivity contribution in [1.29, 1.82) is 0 Å². The van der Waals surface area contributed by atoms with Crippen molar-refractivity contribution in [1.82, 2.24) is 0 Å². The molecule has 2 aliphatic carbocycles. The number of amides is 1. The van der Waals surface area contributed by atoms with Crippen LogP contribution in [-0.4, -0.2) is 18.1 Å². The van der Waals surface area contributed by atoms with Gasteiger partial charge in [0.05, 0.1) is 16.7 Å². The van der Waals surface area contributed by atoms with E-state index >= 15 is 0 Å². The number of carbonyl (C=O) groups is 1. The van der Waals surface area contributed by atoms with E-state index in [0.717, 1.165) is 60.9 Å². The van der Waals surface area contributed by atoms with E-state index in [1.54, 1.807) is 24.3 Å². The Balaban J connectivity index is 1.37. The zero-order valence-electron chi connectivity index (χ0n) is 19.9. The Morgan fingerprint density at radius 3 is 2.06 bits per heavy atom. The Labute approximate surface area is 218 Å². The maximum absolute atomic E-state index is 14.0. The lowest BCUT2D eigenvalue weighted by molar-refractivity contribution is 0.102. The number of halogens is 3. The Bertz CT molecular complexity index is 1250. The molecule has 0 aromatic heterocycles. The van der Waals surface area contributed by atoms with E-state index in [1.807, 2.05) is 12.1 Å². The van der Waals surface area contributed by atoms with Crippen LogP contribution in [0.2, 0.25) is 0 Å². The molecule has 3 aromatic carbocycles. The van der Waals surface area contributed by atoms with Crippen LogP contribution in [0.5, 0.6) is 11.5 Å². The van der Waals surface area contributed by atoms with E-state index in [1.165, 1.54) is 18.9 Å². The maximum Gasteiger partial charge on any atom is 0.255 e. The molecule has 188 valence electrons. The second-order valence-corrected chi connectivity index (χ2v) is 10.3. The summed E-state index contributed by atoms with van der Waals surface area (Å²) < 4.78 is 40.7. The van der Waals surface area contributed by atoms with Gasteiger partial charge in [0.15, 0.2) is 11.6 Å². The zero-order valence-corrected chi connectivity index (χ0v) is 21.5. The van der Waals surface area contributed by atoms with Crippen molar-refractivity contribution in [2.24, 2.45) is 0 Å². The van der Waals surface area contributed by atoms with Gasteiger partial charge in [-0.05, 0) is 121 Å². The van der Waals surface area contributed by atoms with Crippen LogP contribution in [0.3, 0.4) is 0 Å². The van der Waals surface area contributed by atoms with Gasteiger partial charge in [-0.15, -0.1) is 0 Å². The normalized spacial score (nSPS) is 16.3. The molecule has 0 saturated heterocycles. The van der Waals surface area contributed by atoms with Crippen LogP contribution < -0.4 is 14.8 Å². The van der Waals surface area contributed by atoms with E-state index in [0.29, 0.717) is 28.1 Å². The van der Waals surface area contributed by atoms with Gasteiger partial charge < -0.3 is 14.8 Å². The van der Waals surface area contributed by atoms with Crippen LogP contribution >= 0.6 is 15.9 Å². The summed E-state index contributed by atoms with van der Waals surface area (Å²) in [6.45, 7) is 0. The molecule has 0 atom stereocenters. The Hall–Kier alpha value is -2.93. The summed E-state index contributed by atoms with van der Waals surface area (Å²) >= 11 is 3.55. The minimum absolute atomic E-state index is 0.0797. The standard InChI is InChI=1S/C29H28BrF2NO3/c30-24-17-20(11-14-28(24)36-22-7-3-4-8-22)33-29(34)19-10-13-27(35-21-5-1-2-6-21)23(15-19)18-9-12-25(31)26(32)16-18/h9-17,21-22H,1-8H2,(H,33,34). The van der Waals surface area contributed by atoms with E-state index in [-0.39, 0.29) is 18.1 Å². The molecule has 0 bridgehead atoms. The highest BCUT2D eigenvalue weighted by Gasteiger charge is 2.21. The van der Waals surface area contributed by atoms with E-state index in [9.17, 15) is 13.6 Å². The van der Waals surface area contributed by atoms with Gasteiger partial charge in [-0.3, -0.25) is 4.79 Å². The molecule has 2 saturated carbocycles. The van der Waals surface area contributed by atoms with Crippen molar-refractivity contribution < 1.29 is 23.0 Å². The quantitative estimate of drug-likeness (QED) is 0.319. The number of benzene rings is 3. The summed E-state index contributed by atoms with van der Waals surface area (Å²) in [5.41, 5.74) is 2.00. The number of rotatable bonds is 7. The molecule has 2 fully saturated rings. The van der Waals surface area contributed by atoms with Crippen LogP contribution in [0.1, 0.15) is 61.7 Å². The summed E-state index contributed by atoms with van der Waals surface area (Å²) in [7, 11) is 0. The molecule has 0 unspecified atom stereocenters. The predicted molar refractivity (Wildman–Crippen MR) is 140 cm³/mol. The molecule has 2 aliphatic rings. The number of carbonyl (C=O) groups excluding carboxylic acids is 1. The smallest absolute Gasteiger partial charge is 0.255 e. The first kappa shape index (κ1) is 24.8. The minimum atomic E-state index is -0.945. The van der Waals surface area contributed by atoms with Gasteiger partial charge in [-0.2, -0.15) is 0 Å². The first-order valence-corrected chi connectivity index (χ1v) is 13.3. The fourth-order valence-corrected chi connectivity index (χ4v) is 5.38. The van der Waals surface area contributed by atoms with Gasteiger partial charge in [0, 0.05) is 16.8 Å². The number of hydrogen-bond donors (Lipinski definition) is 1. The lowest BCUT2D eigenvalue weighted by Crippen LogP contribution is -2.14. The topological polar surface area (TPSA) is 47.6 Å². The molecule has 36 heavy (non-hydrogen) atoms. The third-order valence-corrected chi connectivity index (χ3v) is 7.47. The minimum Gasteiger partial charge on any atom is -0.490 e. The van der Waals surface area contributed by atoms with Gasteiger partial charge in [0.2, 0.25) is 0 Å². The van der Waals surface area contributed by atoms with E-state index in [4.69, 9.17) is 9.47 Å². The molecule has 5 rings (SSSR count). The average molecular weight is 556 g/mol. The van der Waals surface area contributed by atoms with E-state index in [2.05, 4.69) is 21.2 Å². The highest BCUT2D eigenvalue weighted by Crippen LogP contribution is 2.36. The van der Waals surface area contributed by atoms with Crippen molar-refractivity contribution in [3.8, 4) is 22.6 Å². The average Bonchev–Trinajstić information content (AvgIpc) is 3.57. The van der Waals surface area contributed by atoms with Gasteiger partial charge >= 0.3 is 0 Å². The Morgan fingerprint density at radius 1 is 0.778 bits per heavy atom. The zero-order chi connectivity index (χ0) is 25.1. The van der Waals surface area contributed by atoms with Crippen molar-refractivity contribution >= 4 is 27.5 Å². The second kappa shape index (κ2) is 11.0. The highest BCUT2D eigenvalue weighted by molar-refractivity contribution is 9.10. The number of ether oxygens (including phenoxy) is 2. The molecular formula is C29H28BrF2NO3. The SMILES string of the molecule is O=C(Nc1ccc(OC2CCCC2)c(Br)c1)c1ccc(OC2CCCC2)c(-c2ccc(F)c(F)c2)c1.